The maximum absolute atomic E-state index is 13.7. The van der Waals surface area contributed by atoms with Crippen molar-refractivity contribution in [1.29, 1.82) is 0 Å². The first-order valence-corrected chi connectivity index (χ1v) is 11.1. The van der Waals surface area contributed by atoms with Crippen LogP contribution in [0.5, 0.6) is 0 Å². The quantitative estimate of drug-likeness (QED) is 0.403. The average molecular weight is 506 g/mol. The number of rotatable bonds is 6. The van der Waals surface area contributed by atoms with Crippen molar-refractivity contribution in [2.45, 2.75) is 25.8 Å². The molecule has 1 atom stereocenters. The Balaban J connectivity index is 1.44. The number of nitrogens with one attached hydrogen (secondary N) is 2. The lowest BCUT2D eigenvalue weighted by molar-refractivity contribution is 0.0175. The third-order valence-electron chi connectivity index (χ3n) is 4.88. The molecule has 0 saturated heterocycles. The number of alkyl halides is 2. The number of carbonyl (C=O) groups excluding carboxylic acids is 2. The molecule has 0 aliphatic rings. The molecule has 0 aromatic carbocycles. The van der Waals surface area contributed by atoms with Gasteiger partial charge in [-0.1, -0.05) is 11.6 Å². The third-order valence-corrected chi connectivity index (χ3v) is 6.36. The van der Waals surface area contributed by atoms with Gasteiger partial charge in [-0.05, 0) is 19.1 Å². The first kappa shape index (κ1) is 23.6. The molecule has 2 N–H and O–H groups in total. The van der Waals surface area contributed by atoms with Gasteiger partial charge in [-0.2, -0.15) is 0 Å². The zero-order valence-corrected chi connectivity index (χ0v) is 19.7. The number of amides is 2. The maximum atomic E-state index is 13.7. The van der Waals surface area contributed by atoms with E-state index in [-0.39, 0.29) is 21.4 Å². The van der Waals surface area contributed by atoms with Gasteiger partial charge in [0.2, 0.25) is 0 Å². The van der Waals surface area contributed by atoms with Crippen molar-refractivity contribution in [3.63, 3.8) is 0 Å². The van der Waals surface area contributed by atoms with E-state index in [0.29, 0.717) is 17.4 Å². The summed E-state index contributed by atoms with van der Waals surface area (Å²) in [6, 6.07) is 2.15. The van der Waals surface area contributed by atoms with Crippen LogP contribution < -0.4 is 10.6 Å². The van der Waals surface area contributed by atoms with E-state index in [0.717, 1.165) is 29.1 Å². The smallest absolute Gasteiger partial charge is 0.272 e. The summed E-state index contributed by atoms with van der Waals surface area (Å²) in [6.07, 6.45) is 5.54. The van der Waals surface area contributed by atoms with Crippen molar-refractivity contribution < 1.29 is 18.4 Å². The molecule has 34 heavy (non-hydrogen) atoms. The topological polar surface area (TPSA) is 115 Å². The maximum Gasteiger partial charge on any atom is 0.272 e. The van der Waals surface area contributed by atoms with Crippen LogP contribution in [0.1, 0.15) is 50.6 Å². The van der Waals surface area contributed by atoms with Gasteiger partial charge in [0.1, 0.15) is 26.9 Å². The fraction of sp³-hybridized carbons (Fsp3) is 0.238. The zero-order chi connectivity index (χ0) is 24.6. The number of nitrogens with zero attached hydrogens (tertiary/aromatic N) is 5. The molecule has 0 fully saturated rings. The zero-order valence-electron chi connectivity index (χ0n) is 18.1. The van der Waals surface area contributed by atoms with Gasteiger partial charge in [0.25, 0.3) is 17.7 Å². The first-order chi connectivity index (χ1) is 16.0. The molecule has 0 radical (unpaired) electrons. The number of pyridine rings is 2. The van der Waals surface area contributed by atoms with Crippen molar-refractivity contribution in [2.24, 2.45) is 7.05 Å². The average Bonchev–Trinajstić information content (AvgIpc) is 3.41. The molecular formula is C21H18ClF2N7O2S. The molecule has 0 spiro atoms. The summed E-state index contributed by atoms with van der Waals surface area (Å²) in [5, 5.41) is 5.53. The normalized spacial score (nSPS) is 12.5. The van der Waals surface area contributed by atoms with Gasteiger partial charge < -0.3 is 15.2 Å². The number of anilines is 1. The second-order valence-electron chi connectivity index (χ2n) is 7.56. The molecule has 0 saturated carbocycles. The van der Waals surface area contributed by atoms with Crippen LogP contribution in [0.3, 0.4) is 0 Å². The van der Waals surface area contributed by atoms with Gasteiger partial charge in [0, 0.05) is 25.7 Å². The minimum Gasteiger partial charge on any atom is -0.342 e. The fourth-order valence-corrected chi connectivity index (χ4v) is 4.19. The molecule has 1 unspecified atom stereocenters. The monoisotopic (exact) mass is 505 g/mol. The predicted molar refractivity (Wildman–Crippen MR) is 123 cm³/mol. The summed E-state index contributed by atoms with van der Waals surface area (Å²) < 4.78 is 29.1. The Hall–Kier alpha value is -3.51. The lowest BCUT2D eigenvalue weighted by atomic mass is 10.1. The first-order valence-electron chi connectivity index (χ1n) is 9.92. The van der Waals surface area contributed by atoms with Crippen LogP contribution in [0.2, 0.25) is 5.02 Å². The molecule has 0 aliphatic carbocycles. The molecule has 4 rings (SSSR count). The number of fused-ring (bicyclic) bond motifs is 1. The van der Waals surface area contributed by atoms with Gasteiger partial charge in [0.15, 0.2) is 0 Å². The number of thiazole rings is 1. The Morgan fingerprint density at radius 2 is 1.88 bits per heavy atom. The minimum absolute atomic E-state index is 0.0705. The Morgan fingerprint density at radius 1 is 1.12 bits per heavy atom. The number of carbonyl (C=O) groups is 2. The van der Waals surface area contributed by atoms with E-state index in [4.69, 9.17) is 11.6 Å². The largest absolute Gasteiger partial charge is 0.342 e. The highest BCUT2D eigenvalue weighted by Crippen LogP contribution is 2.33. The van der Waals surface area contributed by atoms with E-state index < -0.39 is 29.3 Å². The summed E-state index contributed by atoms with van der Waals surface area (Å²) >= 11 is 6.83. The highest BCUT2D eigenvalue weighted by molar-refractivity contribution is 7.13. The highest BCUT2D eigenvalue weighted by atomic mass is 35.5. The molecule has 2 amide bonds. The number of hydrogen-bond acceptors (Lipinski definition) is 7. The summed E-state index contributed by atoms with van der Waals surface area (Å²) in [5.74, 6) is -4.25. The standard InChI is InChI=1S/C21H18ClF2N7O2S/c1-10(29-18(32)13-5-15-14(7-25-13)28-9-31(15)3)20-27-8-16(34-20)19(33)30-17-4-11(21(2,23)24)12(22)6-26-17/h4-10H,1-3H3,(H,29,32)(H,26,30,33). The van der Waals surface area contributed by atoms with Crippen LogP contribution in [0.25, 0.3) is 11.0 Å². The van der Waals surface area contributed by atoms with E-state index in [1.807, 2.05) is 7.05 Å². The molecule has 13 heteroatoms. The van der Waals surface area contributed by atoms with E-state index in [1.165, 1.54) is 12.4 Å². The van der Waals surface area contributed by atoms with Gasteiger partial charge in [-0.25, -0.2) is 28.7 Å². The van der Waals surface area contributed by atoms with Crippen LogP contribution in [0.15, 0.2) is 37.1 Å². The van der Waals surface area contributed by atoms with Crippen molar-refractivity contribution in [3.05, 3.63) is 63.2 Å². The Bertz CT molecular complexity index is 1400. The number of halogens is 3. The van der Waals surface area contributed by atoms with Gasteiger partial charge in [0.05, 0.1) is 35.3 Å². The van der Waals surface area contributed by atoms with Gasteiger partial charge in [-0.15, -0.1) is 11.3 Å². The van der Waals surface area contributed by atoms with Gasteiger partial charge in [-0.3, -0.25) is 9.59 Å². The predicted octanol–water partition coefficient (Wildman–Crippen LogP) is 4.33. The van der Waals surface area contributed by atoms with Crippen LogP contribution in [0, 0.1) is 0 Å². The molecule has 0 bridgehead atoms. The highest BCUT2D eigenvalue weighted by Gasteiger charge is 2.28. The summed E-state index contributed by atoms with van der Waals surface area (Å²) in [7, 11) is 1.82. The number of hydrogen-bond donors (Lipinski definition) is 2. The Kier molecular flexibility index (Phi) is 6.28. The molecule has 0 aliphatic heterocycles. The molecule has 9 nitrogen and oxygen atoms in total. The van der Waals surface area contributed by atoms with Crippen molar-refractivity contribution >= 4 is 51.6 Å². The second kappa shape index (κ2) is 9.03. The van der Waals surface area contributed by atoms with Crippen molar-refractivity contribution in [3.8, 4) is 0 Å². The second-order valence-corrected chi connectivity index (χ2v) is 9.03. The van der Waals surface area contributed by atoms with Gasteiger partial charge >= 0.3 is 0 Å². The van der Waals surface area contributed by atoms with E-state index in [1.54, 1.807) is 23.9 Å². The van der Waals surface area contributed by atoms with Crippen molar-refractivity contribution in [1.82, 2.24) is 29.8 Å². The molecule has 176 valence electrons. The number of imidazole rings is 1. The van der Waals surface area contributed by atoms with Crippen molar-refractivity contribution in [2.75, 3.05) is 5.32 Å². The van der Waals surface area contributed by atoms with E-state index >= 15 is 0 Å². The van der Waals surface area contributed by atoms with E-state index in [9.17, 15) is 18.4 Å². The van der Waals surface area contributed by atoms with Crippen LogP contribution in [0.4, 0.5) is 14.6 Å². The SMILES string of the molecule is CC(NC(=O)c1cc2c(cn1)ncn2C)c1ncc(C(=O)Nc2cc(C(C)(F)F)c(Cl)cn2)s1. The Labute approximate surface area is 201 Å². The third kappa shape index (κ3) is 4.87. The Morgan fingerprint density at radius 3 is 2.62 bits per heavy atom. The summed E-state index contributed by atoms with van der Waals surface area (Å²) in [6.45, 7) is 2.42. The minimum atomic E-state index is -3.19. The number of aromatic nitrogens is 5. The lowest BCUT2D eigenvalue weighted by Crippen LogP contribution is -2.27. The van der Waals surface area contributed by atoms with Crippen LogP contribution in [-0.4, -0.2) is 36.3 Å². The molecule has 4 aromatic heterocycles. The molecular weight excluding hydrogens is 488 g/mol. The summed E-state index contributed by atoms with van der Waals surface area (Å²) in [4.78, 5) is 41.8. The lowest BCUT2D eigenvalue weighted by Gasteiger charge is -2.13. The molecule has 4 heterocycles. The fourth-order valence-electron chi connectivity index (χ4n) is 3.10. The molecule has 4 aromatic rings. The summed E-state index contributed by atoms with van der Waals surface area (Å²) in [5.41, 5.74) is 1.21. The van der Waals surface area contributed by atoms with Crippen LogP contribution in [-0.2, 0) is 13.0 Å². The number of aryl methyl sites for hydroxylation is 1. The van der Waals surface area contributed by atoms with Crippen LogP contribution >= 0.6 is 22.9 Å². The van der Waals surface area contributed by atoms with E-state index in [2.05, 4.69) is 30.6 Å².